The Labute approximate surface area is 78.9 Å². The van der Waals surface area contributed by atoms with Gasteiger partial charge in [0.15, 0.2) is 5.82 Å². The minimum Gasteiger partial charge on any atom is -0.328 e. The summed E-state index contributed by atoms with van der Waals surface area (Å²) in [5, 5.41) is 7.05. The van der Waals surface area contributed by atoms with Crippen molar-refractivity contribution in [2.24, 2.45) is 5.73 Å². The van der Waals surface area contributed by atoms with Crippen molar-refractivity contribution in [2.75, 3.05) is 0 Å². The maximum atomic E-state index is 5.65. The highest BCUT2D eigenvalue weighted by Gasteiger charge is 2.19. The molecule has 0 spiro atoms. The molecule has 4 heteroatoms. The summed E-state index contributed by atoms with van der Waals surface area (Å²) in [6.07, 6.45) is 0.753. The number of H-pyrrole nitrogens is 1. The van der Waals surface area contributed by atoms with E-state index >= 15 is 0 Å². The lowest BCUT2D eigenvalue weighted by molar-refractivity contribution is 0.547. The van der Waals surface area contributed by atoms with Gasteiger partial charge in [-0.1, -0.05) is 20.8 Å². The van der Waals surface area contributed by atoms with Crippen molar-refractivity contribution in [1.29, 1.82) is 0 Å². The summed E-state index contributed by atoms with van der Waals surface area (Å²) in [7, 11) is 0. The molecule has 1 atom stereocenters. The fourth-order valence-corrected chi connectivity index (χ4v) is 1.03. The Hall–Kier alpha value is -0.900. The average molecular weight is 182 g/mol. The van der Waals surface area contributed by atoms with Gasteiger partial charge in [0.1, 0.15) is 5.82 Å². The summed E-state index contributed by atoms with van der Waals surface area (Å²) in [5.41, 5.74) is 5.66. The van der Waals surface area contributed by atoms with E-state index in [1.807, 2.05) is 6.92 Å². The Balaban J connectivity index is 2.75. The number of hydrogen-bond donors (Lipinski definition) is 2. The molecule has 13 heavy (non-hydrogen) atoms. The van der Waals surface area contributed by atoms with Gasteiger partial charge in [-0.2, -0.15) is 5.10 Å². The summed E-state index contributed by atoms with van der Waals surface area (Å²) < 4.78 is 0. The Kier molecular flexibility index (Phi) is 2.71. The van der Waals surface area contributed by atoms with Crippen LogP contribution in [0.1, 0.15) is 39.3 Å². The Bertz CT molecular complexity index is 269. The quantitative estimate of drug-likeness (QED) is 0.716. The van der Waals surface area contributed by atoms with Crippen LogP contribution in [0.15, 0.2) is 0 Å². The maximum Gasteiger partial charge on any atom is 0.155 e. The van der Waals surface area contributed by atoms with Crippen LogP contribution in [-0.4, -0.2) is 21.2 Å². The molecule has 4 nitrogen and oxygen atoms in total. The van der Waals surface area contributed by atoms with Gasteiger partial charge >= 0.3 is 0 Å². The molecule has 0 aromatic carbocycles. The summed E-state index contributed by atoms with van der Waals surface area (Å²) in [4.78, 5) is 4.38. The van der Waals surface area contributed by atoms with Crippen LogP contribution in [-0.2, 0) is 11.8 Å². The lowest BCUT2D eigenvalue weighted by Crippen LogP contribution is -2.19. The van der Waals surface area contributed by atoms with Gasteiger partial charge in [-0.15, -0.1) is 0 Å². The minimum atomic E-state index is 0.00653. The highest BCUT2D eigenvalue weighted by atomic mass is 15.2. The van der Waals surface area contributed by atoms with Crippen molar-refractivity contribution < 1.29 is 0 Å². The molecule has 1 aromatic rings. The number of nitrogens with one attached hydrogen (secondary N) is 1. The van der Waals surface area contributed by atoms with Crippen LogP contribution in [0.25, 0.3) is 0 Å². The van der Waals surface area contributed by atoms with Gasteiger partial charge in [0.2, 0.25) is 0 Å². The first kappa shape index (κ1) is 10.2. The number of nitrogens with two attached hydrogens (primary N) is 1. The summed E-state index contributed by atoms with van der Waals surface area (Å²) in [6, 6.07) is 0.126. The van der Waals surface area contributed by atoms with Crippen molar-refractivity contribution >= 4 is 0 Å². The molecule has 0 saturated heterocycles. The van der Waals surface area contributed by atoms with Crippen LogP contribution in [0.5, 0.6) is 0 Å². The normalized spacial score (nSPS) is 14.5. The Morgan fingerprint density at radius 1 is 1.46 bits per heavy atom. The van der Waals surface area contributed by atoms with E-state index in [0.29, 0.717) is 0 Å². The van der Waals surface area contributed by atoms with Crippen molar-refractivity contribution in [3.8, 4) is 0 Å². The van der Waals surface area contributed by atoms with Crippen LogP contribution in [0.4, 0.5) is 0 Å². The van der Waals surface area contributed by atoms with Crippen LogP contribution in [0.3, 0.4) is 0 Å². The first-order chi connectivity index (χ1) is 5.89. The lowest BCUT2D eigenvalue weighted by Gasteiger charge is -2.11. The molecular formula is C9H18N4. The fraction of sp³-hybridized carbons (Fsp3) is 0.778. The fourth-order valence-electron chi connectivity index (χ4n) is 1.03. The molecule has 1 unspecified atom stereocenters. The second kappa shape index (κ2) is 3.46. The number of aromatic nitrogens is 3. The summed E-state index contributed by atoms with van der Waals surface area (Å²) in [5.74, 6) is 1.73. The van der Waals surface area contributed by atoms with E-state index in [-0.39, 0.29) is 11.5 Å². The lowest BCUT2D eigenvalue weighted by atomic mass is 9.96. The summed E-state index contributed by atoms with van der Waals surface area (Å²) in [6.45, 7) is 8.22. The molecule has 0 fully saturated rings. The molecule has 1 heterocycles. The van der Waals surface area contributed by atoms with E-state index < -0.39 is 0 Å². The van der Waals surface area contributed by atoms with Crippen molar-refractivity contribution in [1.82, 2.24) is 15.2 Å². The molecule has 0 saturated carbocycles. The molecule has 0 amide bonds. The molecule has 74 valence electrons. The first-order valence-electron chi connectivity index (χ1n) is 4.57. The standard InChI is InChI=1S/C9H18N4/c1-6(10)5-7-11-8(13-12-7)9(2,3)4/h6H,5,10H2,1-4H3,(H,11,12,13). The molecule has 1 rings (SSSR count). The molecule has 0 aliphatic rings. The van der Waals surface area contributed by atoms with Gasteiger partial charge in [-0.25, -0.2) is 4.98 Å². The van der Waals surface area contributed by atoms with Crippen molar-refractivity contribution in [3.63, 3.8) is 0 Å². The minimum absolute atomic E-state index is 0.00653. The predicted molar refractivity (Wildman–Crippen MR) is 52.4 cm³/mol. The van der Waals surface area contributed by atoms with Crippen molar-refractivity contribution in [2.45, 2.75) is 45.6 Å². The van der Waals surface area contributed by atoms with Crippen LogP contribution >= 0.6 is 0 Å². The molecule has 0 aliphatic heterocycles. The smallest absolute Gasteiger partial charge is 0.155 e. The largest absolute Gasteiger partial charge is 0.328 e. The molecule has 0 bridgehead atoms. The monoisotopic (exact) mass is 182 g/mol. The second-order valence-electron chi connectivity index (χ2n) is 4.54. The van der Waals surface area contributed by atoms with Crippen LogP contribution < -0.4 is 5.73 Å². The van der Waals surface area contributed by atoms with Gasteiger partial charge in [-0.3, -0.25) is 5.10 Å². The Morgan fingerprint density at radius 2 is 2.08 bits per heavy atom. The molecule has 0 aliphatic carbocycles. The predicted octanol–water partition coefficient (Wildman–Crippen LogP) is 0.992. The SMILES string of the molecule is CC(N)Cc1nc(C(C)(C)C)n[nH]1. The highest BCUT2D eigenvalue weighted by molar-refractivity contribution is 5.02. The number of rotatable bonds is 2. The molecule has 0 radical (unpaired) electrons. The second-order valence-corrected chi connectivity index (χ2v) is 4.54. The van der Waals surface area contributed by atoms with Gasteiger partial charge in [0.05, 0.1) is 0 Å². The number of hydrogen-bond acceptors (Lipinski definition) is 3. The van der Waals surface area contributed by atoms with Gasteiger partial charge < -0.3 is 5.73 Å². The number of aromatic amines is 1. The highest BCUT2D eigenvalue weighted by Crippen LogP contribution is 2.17. The van der Waals surface area contributed by atoms with Crippen LogP contribution in [0, 0.1) is 0 Å². The third-order valence-corrected chi connectivity index (χ3v) is 1.72. The zero-order chi connectivity index (χ0) is 10.1. The summed E-state index contributed by atoms with van der Waals surface area (Å²) >= 11 is 0. The molecule has 3 N–H and O–H groups in total. The first-order valence-corrected chi connectivity index (χ1v) is 4.57. The van der Waals surface area contributed by atoms with E-state index in [0.717, 1.165) is 18.1 Å². The number of nitrogens with zero attached hydrogens (tertiary/aromatic N) is 2. The average Bonchev–Trinajstić information content (AvgIpc) is 2.32. The van der Waals surface area contributed by atoms with Crippen LogP contribution in [0.2, 0.25) is 0 Å². The van der Waals surface area contributed by atoms with Crippen molar-refractivity contribution in [3.05, 3.63) is 11.6 Å². The van der Waals surface area contributed by atoms with Gasteiger partial charge in [0.25, 0.3) is 0 Å². The third-order valence-electron chi connectivity index (χ3n) is 1.72. The third kappa shape index (κ3) is 2.81. The van der Waals surface area contributed by atoms with E-state index in [1.165, 1.54) is 0 Å². The van der Waals surface area contributed by atoms with E-state index in [1.54, 1.807) is 0 Å². The van der Waals surface area contributed by atoms with E-state index in [9.17, 15) is 0 Å². The molecule has 1 aromatic heterocycles. The Morgan fingerprint density at radius 3 is 2.46 bits per heavy atom. The van der Waals surface area contributed by atoms with E-state index in [2.05, 4.69) is 36.0 Å². The maximum absolute atomic E-state index is 5.65. The van der Waals surface area contributed by atoms with E-state index in [4.69, 9.17) is 5.73 Å². The van der Waals surface area contributed by atoms with Gasteiger partial charge in [-0.05, 0) is 6.92 Å². The zero-order valence-corrected chi connectivity index (χ0v) is 8.76. The van der Waals surface area contributed by atoms with Gasteiger partial charge in [0, 0.05) is 17.9 Å². The topological polar surface area (TPSA) is 67.6 Å². The molecular weight excluding hydrogens is 164 g/mol. The zero-order valence-electron chi connectivity index (χ0n) is 8.76.